The Balaban J connectivity index is 1.98. The number of nitrogens with one attached hydrogen (secondary N) is 2. The molecule has 0 radical (unpaired) electrons. The van der Waals surface area contributed by atoms with E-state index in [9.17, 15) is 19.2 Å². The van der Waals surface area contributed by atoms with E-state index < -0.39 is 6.03 Å². The quantitative estimate of drug-likeness (QED) is 0.355. The summed E-state index contributed by atoms with van der Waals surface area (Å²) in [5.74, 6) is -0.474. The summed E-state index contributed by atoms with van der Waals surface area (Å²) < 4.78 is 0. The van der Waals surface area contributed by atoms with Crippen molar-refractivity contribution >= 4 is 23.8 Å². The first kappa shape index (κ1) is 20.7. The molecule has 0 bridgehead atoms. The van der Waals surface area contributed by atoms with Gasteiger partial charge in [0.15, 0.2) is 0 Å². The Bertz CT molecular complexity index is 501. The molecule has 0 aromatic carbocycles. The standard InChI is InChI=1S/C17H28N4O4/c1-13(7-6-11-19-17(18)25)20-14(22)8-4-2-3-5-12-21-15(23)9-10-16(21)24/h9-10,13H,2-8,11-12H2,1H3,(H,20,22)(H3,18,19,25). The second kappa shape index (κ2) is 11.2. The number of amides is 5. The fourth-order valence-electron chi connectivity index (χ4n) is 2.60. The Morgan fingerprint density at radius 3 is 2.36 bits per heavy atom. The van der Waals surface area contributed by atoms with Crippen molar-refractivity contribution in [1.82, 2.24) is 15.5 Å². The van der Waals surface area contributed by atoms with Crippen LogP contribution in [-0.2, 0) is 14.4 Å². The summed E-state index contributed by atoms with van der Waals surface area (Å²) >= 11 is 0. The predicted octanol–water partition coefficient (Wildman–Crippen LogP) is 0.815. The Morgan fingerprint density at radius 2 is 1.72 bits per heavy atom. The molecule has 0 saturated carbocycles. The molecule has 0 fully saturated rings. The molecule has 0 saturated heterocycles. The van der Waals surface area contributed by atoms with Gasteiger partial charge >= 0.3 is 6.03 Å². The number of hydrogen-bond donors (Lipinski definition) is 3. The SMILES string of the molecule is CC(CCCNC(N)=O)NC(=O)CCCCCCN1C(=O)C=CC1=O. The highest BCUT2D eigenvalue weighted by Crippen LogP contribution is 2.09. The fraction of sp³-hybridized carbons (Fsp3) is 0.647. The van der Waals surface area contributed by atoms with Crippen molar-refractivity contribution in [3.05, 3.63) is 12.2 Å². The molecule has 0 aliphatic carbocycles. The Kier molecular flexibility index (Phi) is 9.28. The molecule has 0 spiro atoms. The largest absolute Gasteiger partial charge is 0.354 e. The summed E-state index contributed by atoms with van der Waals surface area (Å²) in [6, 6.07) is -0.478. The lowest BCUT2D eigenvalue weighted by atomic mass is 10.1. The third-order valence-electron chi connectivity index (χ3n) is 3.96. The molecule has 140 valence electrons. The van der Waals surface area contributed by atoms with Crippen LogP contribution >= 0.6 is 0 Å². The minimum atomic E-state index is -0.536. The van der Waals surface area contributed by atoms with Gasteiger partial charge in [0.05, 0.1) is 0 Å². The van der Waals surface area contributed by atoms with Crippen LogP contribution in [0.1, 0.15) is 51.9 Å². The zero-order valence-electron chi connectivity index (χ0n) is 14.8. The third kappa shape index (κ3) is 8.88. The monoisotopic (exact) mass is 352 g/mol. The van der Waals surface area contributed by atoms with Crippen LogP contribution in [0.5, 0.6) is 0 Å². The minimum Gasteiger partial charge on any atom is -0.354 e. The first-order chi connectivity index (χ1) is 11.9. The number of urea groups is 1. The average Bonchev–Trinajstić information content (AvgIpc) is 2.86. The van der Waals surface area contributed by atoms with Gasteiger partial charge < -0.3 is 16.4 Å². The third-order valence-corrected chi connectivity index (χ3v) is 3.96. The lowest BCUT2D eigenvalue weighted by Crippen LogP contribution is -2.34. The summed E-state index contributed by atoms with van der Waals surface area (Å²) in [5.41, 5.74) is 4.97. The van der Waals surface area contributed by atoms with Gasteiger partial charge in [0.25, 0.3) is 11.8 Å². The first-order valence-corrected chi connectivity index (χ1v) is 8.76. The van der Waals surface area contributed by atoms with Crippen molar-refractivity contribution in [2.75, 3.05) is 13.1 Å². The molecule has 1 aliphatic rings. The lowest BCUT2D eigenvalue weighted by molar-refractivity contribution is -0.136. The number of primary amides is 1. The van der Waals surface area contributed by atoms with Crippen LogP contribution in [-0.4, -0.2) is 47.8 Å². The van der Waals surface area contributed by atoms with Gasteiger partial charge in [-0.1, -0.05) is 12.8 Å². The van der Waals surface area contributed by atoms with Gasteiger partial charge in [-0.3, -0.25) is 19.3 Å². The van der Waals surface area contributed by atoms with E-state index in [1.807, 2.05) is 6.92 Å². The molecule has 5 amide bonds. The first-order valence-electron chi connectivity index (χ1n) is 8.76. The molecule has 8 heteroatoms. The van der Waals surface area contributed by atoms with E-state index >= 15 is 0 Å². The van der Waals surface area contributed by atoms with Crippen LogP contribution in [0.2, 0.25) is 0 Å². The second-order valence-electron chi connectivity index (χ2n) is 6.23. The number of carbonyl (C=O) groups excluding carboxylic acids is 4. The Hall–Kier alpha value is -2.38. The van der Waals surface area contributed by atoms with E-state index in [1.165, 1.54) is 17.1 Å². The van der Waals surface area contributed by atoms with Crippen LogP contribution in [0.25, 0.3) is 0 Å². The van der Waals surface area contributed by atoms with Crippen LogP contribution in [0.4, 0.5) is 4.79 Å². The van der Waals surface area contributed by atoms with E-state index in [0.717, 1.165) is 38.5 Å². The van der Waals surface area contributed by atoms with Crippen LogP contribution in [0.3, 0.4) is 0 Å². The summed E-state index contributed by atoms with van der Waals surface area (Å²) in [4.78, 5) is 46.3. The predicted molar refractivity (Wildman–Crippen MR) is 93.4 cm³/mol. The van der Waals surface area contributed by atoms with Crippen molar-refractivity contribution in [2.24, 2.45) is 5.73 Å². The van der Waals surface area contributed by atoms with E-state index in [1.54, 1.807) is 0 Å². The smallest absolute Gasteiger partial charge is 0.312 e. The molecule has 25 heavy (non-hydrogen) atoms. The van der Waals surface area contributed by atoms with E-state index in [4.69, 9.17) is 5.73 Å². The van der Waals surface area contributed by atoms with E-state index in [0.29, 0.717) is 19.5 Å². The number of hydrogen-bond acceptors (Lipinski definition) is 4. The van der Waals surface area contributed by atoms with Gasteiger partial charge in [0.1, 0.15) is 0 Å². The maximum atomic E-state index is 11.8. The van der Waals surface area contributed by atoms with Crippen molar-refractivity contribution in [3.63, 3.8) is 0 Å². The molecule has 8 nitrogen and oxygen atoms in total. The number of carbonyl (C=O) groups is 4. The Labute approximate surface area is 148 Å². The highest BCUT2D eigenvalue weighted by atomic mass is 16.2. The minimum absolute atomic E-state index is 0.0180. The summed E-state index contributed by atoms with van der Waals surface area (Å²) in [5, 5.41) is 5.44. The van der Waals surface area contributed by atoms with Crippen LogP contribution in [0, 0.1) is 0 Å². The number of nitrogens with two attached hydrogens (primary N) is 1. The number of imide groups is 1. The molecule has 1 atom stereocenters. The Morgan fingerprint density at radius 1 is 1.08 bits per heavy atom. The van der Waals surface area contributed by atoms with Crippen LogP contribution < -0.4 is 16.4 Å². The number of rotatable bonds is 12. The maximum absolute atomic E-state index is 11.8. The van der Waals surface area contributed by atoms with Crippen molar-refractivity contribution in [3.8, 4) is 0 Å². The summed E-state index contributed by atoms with van der Waals surface area (Å²) in [6.07, 6.45) is 7.87. The topological polar surface area (TPSA) is 122 Å². The molecular formula is C17H28N4O4. The van der Waals surface area contributed by atoms with E-state index in [2.05, 4.69) is 10.6 Å². The maximum Gasteiger partial charge on any atom is 0.312 e. The van der Waals surface area contributed by atoms with Gasteiger partial charge in [0.2, 0.25) is 5.91 Å². The molecule has 1 rings (SSSR count). The molecule has 0 aromatic heterocycles. The van der Waals surface area contributed by atoms with Crippen molar-refractivity contribution in [1.29, 1.82) is 0 Å². The highest BCUT2D eigenvalue weighted by Gasteiger charge is 2.22. The second-order valence-corrected chi connectivity index (χ2v) is 6.23. The van der Waals surface area contributed by atoms with E-state index in [-0.39, 0.29) is 23.8 Å². The normalized spacial score (nSPS) is 14.7. The molecular weight excluding hydrogens is 324 g/mol. The van der Waals surface area contributed by atoms with Crippen molar-refractivity contribution in [2.45, 2.75) is 57.9 Å². The van der Waals surface area contributed by atoms with Gasteiger partial charge in [-0.25, -0.2) is 4.79 Å². The molecule has 0 aromatic rings. The average molecular weight is 352 g/mol. The van der Waals surface area contributed by atoms with Crippen molar-refractivity contribution < 1.29 is 19.2 Å². The zero-order chi connectivity index (χ0) is 18.7. The van der Waals surface area contributed by atoms with Crippen LogP contribution in [0.15, 0.2) is 12.2 Å². The summed E-state index contributed by atoms with van der Waals surface area (Å²) in [6.45, 7) is 2.88. The molecule has 4 N–H and O–H groups in total. The molecule has 1 aliphatic heterocycles. The van der Waals surface area contributed by atoms with Gasteiger partial charge in [-0.15, -0.1) is 0 Å². The highest BCUT2D eigenvalue weighted by molar-refractivity contribution is 6.12. The molecule has 1 unspecified atom stereocenters. The van der Waals surface area contributed by atoms with Gasteiger partial charge in [0, 0.05) is 37.7 Å². The molecule has 1 heterocycles. The number of unbranched alkanes of at least 4 members (excludes halogenated alkanes) is 3. The van der Waals surface area contributed by atoms with Gasteiger partial charge in [-0.2, -0.15) is 0 Å². The fourth-order valence-corrected chi connectivity index (χ4v) is 2.60. The van der Waals surface area contributed by atoms with Gasteiger partial charge in [-0.05, 0) is 32.6 Å². The number of nitrogens with zero attached hydrogens (tertiary/aromatic N) is 1. The zero-order valence-corrected chi connectivity index (χ0v) is 14.8. The summed E-state index contributed by atoms with van der Waals surface area (Å²) in [7, 11) is 0. The lowest BCUT2D eigenvalue weighted by Gasteiger charge is -2.14.